The monoisotopic (exact) mass is 276 g/mol. The molecule has 5 nitrogen and oxygen atoms in total. The van der Waals surface area contributed by atoms with Gasteiger partial charge in [0.05, 0.1) is 13.2 Å². The largest absolute Gasteiger partial charge is 0.395 e. The summed E-state index contributed by atoms with van der Waals surface area (Å²) in [6.45, 7) is 3.63. The van der Waals surface area contributed by atoms with Crippen molar-refractivity contribution in [1.82, 2.24) is 5.32 Å². The van der Waals surface area contributed by atoms with Crippen LogP contribution in [0.1, 0.15) is 58.3 Å². The van der Waals surface area contributed by atoms with Gasteiger partial charge in [-0.25, -0.2) is 0 Å². The van der Waals surface area contributed by atoms with E-state index in [4.69, 9.17) is 15.9 Å². The number of unbranched alkanes of at least 4 members (excludes halogenated alkanes) is 6. The molecule has 0 heterocycles. The van der Waals surface area contributed by atoms with E-state index in [0.717, 1.165) is 12.8 Å². The van der Waals surface area contributed by atoms with Gasteiger partial charge in [0, 0.05) is 19.5 Å². The zero-order valence-corrected chi connectivity index (χ0v) is 12.4. The molecule has 0 saturated heterocycles. The summed E-state index contributed by atoms with van der Waals surface area (Å²) in [6.07, 6.45) is 9.24. The Bertz CT molecular complexity index is 174. The summed E-state index contributed by atoms with van der Waals surface area (Å²) in [5, 5.41) is 19.1. The van der Waals surface area contributed by atoms with Crippen molar-refractivity contribution in [2.45, 2.75) is 58.3 Å². The molecule has 5 heteroatoms. The summed E-state index contributed by atoms with van der Waals surface area (Å²) in [5.41, 5.74) is 5.02. The molecule has 0 aliphatic heterocycles. The van der Waals surface area contributed by atoms with Gasteiger partial charge in [-0.3, -0.25) is 4.79 Å². The van der Waals surface area contributed by atoms with E-state index in [0.29, 0.717) is 19.5 Å². The number of primary amides is 1. The van der Waals surface area contributed by atoms with Crippen molar-refractivity contribution < 1.29 is 15.0 Å². The highest BCUT2D eigenvalue weighted by atomic mass is 16.3. The lowest BCUT2D eigenvalue weighted by atomic mass is 10.1. The van der Waals surface area contributed by atoms with E-state index < -0.39 is 0 Å². The highest BCUT2D eigenvalue weighted by Gasteiger charge is 1.94. The highest BCUT2D eigenvalue weighted by Crippen LogP contribution is 2.07. The Morgan fingerprint density at radius 1 is 0.947 bits per heavy atom. The Balaban J connectivity index is 0. The smallest absolute Gasteiger partial charge is 0.217 e. The molecule has 0 unspecified atom stereocenters. The molecule has 1 amide bonds. The van der Waals surface area contributed by atoms with Crippen molar-refractivity contribution in [2.75, 3.05) is 26.3 Å². The molecule has 0 aromatic heterocycles. The maximum absolute atomic E-state index is 10.4. The lowest BCUT2D eigenvalue weighted by molar-refractivity contribution is -0.118. The summed E-state index contributed by atoms with van der Waals surface area (Å²) in [6, 6.07) is 0. The molecule has 0 spiro atoms. The van der Waals surface area contributed by atoms with E-state index in [1.807, 2.05) is 0 Å². The fourth-order valence-electron chi connectivity index (χ4n) is 1.54. The topological polar surface area (TPSA) is 95.6 Å². The summed E-state index contributed by atoms with van der Waals surface area (Å²) in [4.78, 5) is 10.4. The SMILES string of the molecule is CCCCCCCCCC(N)=O.OCCNCCO. The predicted molar refractivity (Wildman–Crippen MR) is 78.8 cm³/mol. The number of aliphatic hydroxyl groups is 2. The molecule has 0 aromatic carbocycles. The highest BCUT2D eigenvalue weighted by molar-refractivity contribution is 5.73. The van der Waals surface area contributed by atoms with Crippen molar-refractivity contribution >= 4 is 5.91 Å². The average Bonchev–Trinajstić information content (AvgIpc) is 2.39. The molecule has 0 atom stereocenters. The van der Waals surface area contributed by atoms with Gasteiger partial charge in [0.1, 0.15) is 0 Å². The fraction of sp³-hybridized carbons (Fsp3) is 0.929. The van der Waals surface area contributed by atoms with Crippen LogP contribution in [0.5, 0.6) is 0 Å². The quantitative estimate of drug-likeness (QED) is 0.402. The number of nitrogens with two attached hydrogens (primary N) is 1. The molecule has 0 rings (SSSR count). The minimum atomic E-state index is -0.163. The van der Waals surface area contributed by atoms with Crippen molar-refractivity contribution in [3.8, 4) is 0 Å². The number of carbonyl (C=O) groups excluding carboxylic acids is 1. The van der Waals surface area contributed by atoms with Crippen molar-refractivity contribution in [1.29, 1.82) is 0 Å². The van der Waals surface area contributed by atoms with Gasteiger partial charge in [-0.05, 0) is 6.42 Å². The van der Waals surface area contributed by atoms with E-state index in [2.05, 4.69) is 12.2 Å². The first-order valence-corrected chi connectivity index (χ1v) is 7.39. The number of nitrogens with one attached hydrogen (secondary N) is 1. The molecular formula is C14H32N2O3. The van der Waals surface area contributed by atoms with Gasteiger partial charge in [0.15, 0.2) is 0 Å². The van der Waals surface area contributed by atoms with Crippen molar-refractivity contribution in [3.05, 3.63) is 0 Å². The number of hydrogen-bond donors (Lipinski definition) is 4. The van der Waals surface area contributed by atoms with Gasteiger partial charge in [-0.2, -0.15) is 0 Å². The predicted octanol–water partition coefficient (Wildman–Crippen LogP) is 1.17. The third-order valence-corrected chi connectivity index (χ3v) is 2.60. The first-order valence-electron chi connectivity index (χ1n) is 7.39. The Morgan fingerprint density at radius 2 is 1.42 bits per heavy atom. The zero-order valence-electron chi connectivity index (χ0n) is 12.4. The molecule has 116 valence electrons. The standard InChI is InChI=1S/C10H21NO.C4H11NO2/c1-2-3-4-5-6-7-8-9-10(11)12;6-3-1-5-2-4-7/h2-9H2,1H3,(H2,11,12);5-7H,1-4H2. The Hall–Kier alpha value is -0.650. The van der Waals surface area contributed by atoms with Gasteiger partial charge >= 0.3 is 0 Å². The van der Waals surface area contributed by atoms with Gasteiger partial charge < -0.3 is 21.3 Å². The van der Waals surface area contributed by atoms with E-state index in [-0.39, 0.29) is 19.1 Å². The Morgan fingerprint density at radius 3 is 1.84 bits per heavy atom. The van der Waals surface area contributed by atoms with Gasteiger partial charge in [0.2, 0.25) is 5.91 Å². The number of carbonyl (C=O) groups is 1. The first kappa shape index (κ1) is 20.7. The molecule has 0 aromatic rings. The van der Waals surface area contributed by atoms with Crippen LogP contribution in [0, 0.1) is 0 Å². The summed E-state index contributed by atoms with van der Waals surface area (Å²) >= 11 is 0. The van der Waals surface area contributed by atoms with Crippen LogP contribution in [0.25, 0.3) is 0 Å². The fourth-order valence-corrected chi connectivity index (χ4v) is 1.54. The number of hydrogen-bond acceptors (Lipinski definition) is 4. The van der Waals surface area contributed by atoms with E-state index in [9.17, 15) is 4.79 Å². The molecule has 19 heavy (non-hydrogen) atoms. The summed E-state index contributed by atoms with van der Waals surface area (Å²) in [7, 11) is 0. The minimum absolute atomic E-state index is 0.139. The third-order valence-electron chi connectivity index (χ3n) is 2.60. The molecule has 0 radical (unpaired) electrons. The van der Waals surface area contributed by atoms with Crippen LogP contribution in [0.4, 0.5) is 0 Å². The zero-order chi connectivity index (χ0) is 14.8. The second-order valence-electron chi connectivity index (χ2n) is 4.53. The molecule has 0 bridgehead atoms. The lowest BCUT2D eigenvalue weighted by Gasteiger charge is -1.98. The molecule has 0 aliphatic carbocycles. The summed E-state index contributed by atoms with van der Waals surface area (Å²) < 4.78 is 0. The molecule has 0 fully saturated rings. The van der Waals surface area contributed by atoms with Crippen LogP contribution in [0.2, 0.25) is 0 Å². The molecule has 5 N–H and O–H groups in total. The Labute approximate surface area is 117 Å². The number of aliphatic hydroxyl groups excluding tert-OH is 2. The average molecular weight is 276 g/mol. The van der Waals surface area contributed by atoms with E-state index in [1.165, 1.54) is 32.1 Å². The third kappa shape index (κ3) is 26.8. The molecular weight excluding hydrogens is 244 g/mol. The van der Waals surface area contributed by atoms with Crippen LogP contribution in [-0.4, -0.2) is 42.4 Å². The van der Waals surface area contributed by atoms with Crippen LogP contribution < -0.4 is 11.1 Å². The van der Waals surface area contributed by atoms with Gasteiger partial charge in [0.25, 0.3) is 0 Å². The molecule has 0 aliphatic rings. The van der Waals surface area contributed by atoms with E-state index >= 15 is 0 Å². The number of amides is 1. The van der Waals surface area contributed by atoms with Crippen molar-refractivity contribution in [3.63, 3.8) is 0 Å². The summed E-state index contributed by atoms with van der Waals surface area (Å²) in [5.74, 6) is -0.163. The second-order valence-corrected chi connectivity index (χ2v) is 4.53. The molecule has 0 saturated carbocycles. The van der Waals surface area contributed by atoms with E-state index in [1.54, 1.807) is 0 Å². The van der Waals surface area contributed by atoms with Crippen molar-refractivity contribution in [2.24, 2.45) is 5.73 Å². The maximum Gasteiger partial charge on any atom is 0.217 e. The van der Waals surface area contributed by atoms with Crippen LogP contribution >= 0.6 is 0 Å². The minimum Gasteiger partial charge on any atom is -0.395 e. The number of rotatable bonds is 12. The normalized spacial score (nSPS) is 9.84. The Kier molecular flexibility index (Phi) is 21.4. The van der Waals surface area contributed by atoms with Crippen LogP contribution in [0.15, 0.2) is 0 Å². The first-order chi connectivity index (χ1) is 9.18. The maximum atomic E-state index is 10.4. The van der Waals surface area contributed by atoms with Crippen LogP contribution in [0.3, 0.4) is 0 Å². The lowest BCUT2D eigenvalue weighted by Crippen LogP contribution is -2.21. The second kappa shape index (κ2) is 19.7. The van der Waals surface area contributed by atoms with Gasteiger partial charge in [-0.1, -0.05) is 45.4 Å². The van der Waals surface area contributed by atoms with Crippen LogP contribution in [-0.2, 0) is 4.79 Å². The van der Waals surface area contributed by atoms with Gasteiger partial charge in [-0.15, -0.1) is 0 Å².